The first-order valence-corrected chi connectivity index (χ1v) is 6.22. The number of benzene rings is 1. The fourth-order valence-corrected chi connectivity index (χ4v) is 1.67. The van der Waals surface area contributed by atoms with Crippen LogP contribution in [0.25, 0.3) is 0 Å². The molecule has 0 radical (unpaired) electrons. The molecule has 0 aromatic heterocycles. The molecular weight excluding hydrogens is 262 g/mol. The number of amides is 1. The number of rotatable bonds is 7. The van der Waals surface area contributed by atoms with Crippen molar-refractivity contribution in [2.75, 3.05) is 33.9 Å². The Morgan fingerprint density at radius 3 is 2.60 bits per heavy atom. The molecule has 0 heterocycles. The molecule has 0 saturated heterocycles. The van der Waals surface area contributed by atoms with E-state index in [1.807, 2.05) is 0 Å². The number of aromatic hydroxyl groups is 1. The zero-order valence-electron chi connectivity index (χ0n) is 11.7. The third kappa shape index (κ3) is 4.89. The van der Waals surface area contributed by atoms with Crippen LogP contribution in [0.3, 0.4) is 0 Å². The fraction of sp³-hybridized carbons (Fsp3) is 0.429. The molecule has 0 spiro atoms. The first-order chi connectivity index (χ1) is 9.58. The Hall–Kier alpha value is -2.08. The van der Waals surface area contributed by atoms with Gasteiger partial charge < -0.3 is 19.5 Å². The normalized spacial score (nSPS) is 10.1. The van der Waals surface area contributed by atoms with Gasteiger partial charge in [0.2, 0.25) is 0 Å². The fourth-order valence-electron chi connectivity index (χ4n) is 1.67. The maximum atomic E-state index is 12.3. The molecule has 1 aromatic carbocycles. The molecule has 110 valence electrons. The van der Waals surface area contributed by atoms with Gasteiger partial charge in [0.05, 0.1) is 20.1 Å². The summed E-state index contributed by atoms with van der Waals surface area (Å²) in [6.07, 6.45) is 0.116. The Kier molecular flexibility index (Phi) is 6.52. The predicted molar refractivity (Wildman–Crippen MR) is 72.5 cm³/mol. The molecule has 1 amide bonds. The Balaban J connectivity index is 2.75. The lowest BCUT2D eigenvalue weighted by Gasteiger charge is -2.22. The molecule has 20 heavy (non-hydrogen) atoms. The van der Waals surface area contributed by atoms with E-state index in [1.165, 1.54) is 31.3 Å². The van der Waals surface area contributed by atoms with Crippen molar-refractivity contribution >= 4 is 11.9 Å². The second-order valence-corrected chi connectivity index (χ2v) is 4.16. The number of nitrogens with zero attached hydrogens (tertiary/aromatic N) is 1. The topological polar surface area (TPSA) is 76.1 Å². The molecule has 6 nitrogen and oxygen atoms in total. The van der Waals surface area contributed by atoms with Crippen LogP contribution in [0.2, 0.25) is 0 Å². The monoisotopic (exact) mass is 281 g/mol. The lowest BCUT2D eigenvalue weighted by Crippen LogP contribution is -2.35. The molecule has 0 aliphatic carbocycles. The van der Waals surface area contributed by atoms with Crippen LogP contribution in [0.1, 0.15) is 16.8 Å². The third-order valence-corrected chi connectivity index (χ3v) is 2.76. The molecule has 0 bridgehead atoms. The van der Waals surface area contributed by atoms with Crippen LogP contribution in [0.4, 0.5) is 0 Å². The van der Waals surface area contributed by atoms with Gasteiger partial charge in [-0.3, -0.25) is 9.59 Å². The summed E-state index contributed by atoms with van der Waals surface area (Å²) >= 11 is 0. The minimum atomic E-state index is -0.379. The highest BCUT2D eigenvalue weighted by atomic mass is 16.5. The summed E-state index contributed by atoms with van der Waals surface area (Å²) in [4.78, 5) is 25.0. The smallest absolute Gasteiger partial charge is 0.307 e. The molecule has 1 rings (SSSR count). The van der Waals surface area contributed by atoms with E-state index >= 15 is 0 Å². The first kappa shape index (κ1) is 16.0. The largest absolute Gasteiger partial charge is 0.508 e. The van der Waals surface area contributed by atoms with Crippen LogP contribution in [0.5, 0.6) is 5.75 Å². The Morgan fingerprint density at radius 2 is 2.00 bits per heavy atom. The average Bonchev–Trinajstić information content (AvgIpc) is 2.46. The van der Waals surface area contributed by atoms with E-state index in [-0.39, 0.29) is 30.6 Å². The highest BCUT2D eigenvalue weighted by Gasteiger charge is 2.17. The number of carbonyl (C=O) groups is 2. The van der Waals surface area contributed by atoms with Crippen molar-refractivity contribution in [3.63, 3.8) is 0 Å². The zero-order valence-corrected chi connectivity index (χ0v) is 11.7. The summed E-state index contributed by atoms with van der Waals surface area (Å²) in [5.41, 5.74) is 0.367. The van der Waals surface area contributed by atoms with Gasteiger partial charge in [0.15, 0.2) is 0 Å². The number of hydrogen-bond acceptors (Lipinski definition) is 5. The maximum Gasteiger partial charge on any atom is 0.307 e. The summed E-state index contributed by atoms with van der Waals surface area (Å²) in [7, 11) is 2.84. The first-order valence-electron chi connectivity index (χ1n) is 6.22. The van der Waals surface area contributed by atoms with Crippen molar-refractivity contribution in [2.24, 2.45) is 0 Å². The summed E-state index contributed by atoms with van der Waals surface area (Å²) in [6, 6.07) is 6.09. The summed E-state index contributed by atoms with van der Waals surface area (Å²) in [5.74, 6) is -0.617. The van der Waals surface area contributed by atoms with Gasteiger partial charge in [0, 0.05) is 25.8 Å². The molecule has 1 aromatic rings. The van der Waals surface area contributed by atoms with E-state index in [1.54, 1.807) is 12.1 Å². The van der Waals surface area contributed by atoms with Crippen molar-refractivity contribution in [1.82, 2.24) is 4.90 Å². The van der Waals surface area contributed by atoms with Gasteiger partial charge in [-0.25, -0.2) is 0 Å². The summed E-state index contributed by atoms with van der Waals surface area (Å²) in [6.45, 7) is 0.970. The average molecular weight is 281 g/mol. The predicted octanol–water partition coefficient (Wildman–Crippen LogP) is 1.04. The second-order valence-electron chi connectivity index (χ2n) is 4.16. The van der Waals surface area contributed by atoms with Gasteiger partial charge in [0.25, 0.3) is 5.91 Å². The van der Waals surface area contributed by atoms with Gasteiger partial charge in [-0.1, -0.05) is 6.07 Å². The Labute approximate surface area is 117 Å². The van der Waals surface area contributed by atoms with Crippen LogP contribution < -0.4 is 0 Å². The van der Waals surface area contributed by atoms with Crippen molar-refractivity contribution in [1.29, 1.82) is 0 Å². The number of methoxy groups -OCH3 is 2. The molecule has 6 heteroatoms. The van der Waals surface area contributed by atoms with Crippen molar-refractivity contribution < 1.29 is 24.2 Å². The minimum Gasteiger partial charge on any atom is -0.508 e. The molecule has 0 aliphatic heterocycles. The number of hydrogen-bond donors (Lipinski definition) is 1. The molecule has 0 saturated carbocycles. The number of esters is 1. The van der Waals surface area contributed by atoms with Crippen LogP contribution in [-0.4, -0.2) is 55.8 Å². The van der Waals surface area contributed by atoms with E-state index in [4.69, 9.17) is 4.74 Å². The SMILES string of the molecule is COCCN(CCC(=O)OC)C(=O)c1cccc(O)c1. The molecular formula is C14H19NO5. The van der Waals surface area contributed by atoms with Gasteiger partial charge >= 0.3 is 5.97 Å². The highest BCUT2D eigenvalue weighted by Crippen LogP contribution is 2.13. The second kappa shape index (κ2) is 8.16. The van der Waals surface area contributed by atoms with Crippen LogP contribution in [0, 0.1) is 0 Å². The van der Waals surface area contributed by atoms with E-state index in [0.29, 0.717) is 18.7 Å². The summed E-state index contributed by atoms with van der Waals surface area (Å²) < 4.78 is 9.52. The quantitative estimate of drug-likeness (QED) is 0.756. The zero-order chi connectivity index (χ0) is 15.0. The highest BCUT2D eigenvalue weighted by molar-refractivity contribution is 5.94. The maximum absolute atomic E-state index is 12.3. The van der Waals surface area contributed by atoms with Gasteiger partial charge in [-0.05, 0) is 18.2 Å². The van der Waals surface area contributed by atoms with E-state index in [2.05, 4.69) is 4.74 Å². The summed E-state index contributed by atoms with van der Waals surface area (Å²) in [5, 5.41) is 9.41. The van der Waals surface area contributed by atoms with E-state index in [9.17, 15) is 14.7 Å². The van der Waals surface area contributed by atoms with E-state index < -0.39 is 0 Å². The third-order valence-electron chi connectivity index (χ3n) is 2.76. The van der Waals surface area contributed by atoms with Gasteiger partial charge in [-0.2, -0.15) is 0 Å². The molecule has 0 aliphatic rings. The lowest BCUT2D eigenvalue weighted by atomic mass is 10.2. The van der Waals surface area contributed by atoms with Crippen LogP contribution >= 0.6 is 0 Å². The molecule has 0 unspecified atom stereocenters. The van der Waals surface area contributed by atoms with Crippen LogP contribution in [0.15, 0.2) is 24.3 Å². The van der Waals surface area contributed by atoms with Crippen LogP contribution in [-0.2, 0) is 14.3 Å². The Morgan fingerprint density at radius 1 is 1.25 bits per heavy atom. The van der Waals surface area contributed by atoms with Gasteiger partial charge in [-0.15, -0.1) is 0 Å². The van der Waals surface area contributed by atoms with Crippen molar-refractivity contribution in [3.8, 4) is 5.75 Å². The number of ether oxygens (including phenoxy) is 2. The molecule has 0 fully saturated rings. The van der Waals surface area contributed by atoms with Crippen molar-refractivity contribution in [2.45, 2.75) is 6.42 Å². The molecule has 1 N–H and O–H groups in total. The molecule has 0 atom stereocenters. The number of phenols is 1. The van der Waals surface area contributed by atoms with Crippen molar-refractivity contribution in [3.05, 3.63) is 29.8 Å². The van der Waals surface area contributed by atoms with E-state index in [0.717, 1.165) is 0 Å². The lowest BCUT2D eigenvalue weighted by molar-refractivity contribution is -0.140. The number of phenolic OH excluding ortho intramolecular Hbond substituents is 1. The number of carbonyl (C=O) groups excluding carboxylic acids is 2. The Bertz CT molecular complexity index is 461. The minimum absolute atomic E-state index is 0.0236. The standard InChI is InChI=1S/C14H19NO5/c1-19-9-8-15(7-6-13(17)20-2)14(18)11-4-3-5-12(16)10-11/h3-5,10,16H,6-9H2,1-2H3. The van der Waals surface area contributed by atoms with Gasteiger partial charge in [0.1, 0.15) is 5.75 Å².